The molecule has 0 radical (unpaired) electrons. The summed E-state index contributed by atoms with van der Waals surface area (Å²) in [5.41, 5.74) is -0.449. The molecule has 0 saturated carbocycles. The van der Waals surface area contributed by atoms with Gasteiger partial charge in [-0.2, -0.15) is 0 Å². The Kier molecular flexibility index (Phi) is 4.10. The molecular formula is C7H4Cl2F2O2. The average Bonchev–Trinajstić information content (AvgIpc) is 2.00. The lowest BCUT2D eigenvalue weighted by Gasteiger charge is -1.99. The molecule has 0 spiro atoms. The predicted molar refractivity (Wildman–Crippen MR) is 45.6 cm³/mol. The van der Waals surface area contributed by atoms with Crippen molar-refractivity contribution in [3.05, 3.63) is 34.4 Å². The zero-order valence-corrected chi connectivity index (χ0v) is 7.62. The molecule has 0 atom stereocenters. The molecule has 0 aliphatic heterocycles. The highest BCUT2D eigenvalue weighted by Gasteiger charge is 2.15. The molecule has 1 aromatic carbocycles. The smallest absolute Gasteiger partial charge is 0.337 e. The summed E-state index contributed by atoms with van der Waals surface area (Å²) in [6.45, 7) is 0. The number of carbonyl (C=O) groups is 1. The fraction of sp³-hybridized carbons (Fsp3) is 0. The maximum atomic E-state index is 12.6. The van der Waals surface area contributed by atoms with Crippen molar-refractivity contribution in [1.29, 1.82) is 0 Å². The summed E-state index contributed by atoms with van der Waals surface area (Å²) in [6.07, 6.45) is 0. The first-order chi connectivity index (χ1) is 5.54. The molecular weight excluding hydrogens is 225 g/mol. The standard InChI is InChI=1S/C7H3ClF2O2.ClH/c8-5-3(7(11)12)1-2-4(9)6(5)10;/h1-2H,(H,11,12);1H. The van der Waals surface area contributed by atoms with Gasteiger partial charge in [0.15, 0.2) is 11.6 Å². The first-order valence-electron chi connectivity index (χ1n) is 2.91. The maximum Gasteiger partial charge on any atom is 0.337 e. The van der Waals surface area contributed by atoms with E-state index in [1.807, 2.05) is 0 Å². The van der Waals surface area contributed by atoms with E-state index in [9.17, 15) is 13.6 Å². The SMILES string of the molecule is Cl.O=C(O)c1ccc(F)c(F)c1Cl. The molecule has 0 unspecified atom stereocenters. The highest BCUT2D eigenvalue weighted by molar-refractivity contribution is 6.33. The summed E-state index contributed by atoms with van der Waals surface area (Å²) >= 11 is 5.20. The molecule has 1 aromatic rings. The summed E-state index contributed by atoms with van der Waals surface area (Å²) in [5, 5.41) is 7.70. The Labute approximate surface area is 83.5 Å². The van der Waals surface area contributed by atoms with Crippen LogP contribution in [0.15, 0.2) is 12.1 Å². The first kappa shape index (κ1) is 12.1. The normalized spacial score (nSPS) is 9.15. The van der Waals surface area contributed by atoms with Gasteiger partial charge in [-0.15, -0.1) is 12.4 Å². The molecule has 0 amide bonds. The topological polar surface area (TPSA) is 37.3 Å². The van der Waals surface area contributed by atoms with Crippen LogP contribution in [0.4, 0.5) is 8.78 Å². The van der Waals surface area contributed by atoms with Crippen LogP contribution >= 0.6 is 24.0 Å². The number of carboxylic acids is 1. The zero-order valence-electron chi connectivity index (χ0n) is 6.05. The lowest BCUT2D eigenvalue weighted by Crippen LogP contribution is -2.00. The molecule has 0 aliphatic carbocycles. The Hall–Kier alpha value is -0.870. The van der Waals surface area contributed by atoms with E-state index < -0.39 is 28.2 Å². The molecule has 0 heterocycles. The third-order valence-corrected chi connectivity index (χ3v) is 1.64. The Morgan fingerprint density at radius 1 is 1.38 bits per heavy atom. The van der Waals surface area contributed by atoms with Crippen LogP contribution in [0.25, 0.3) is 0 Å². The molecule has 0 fully saturated rings. The number of hydrogen-bond acceptors (Lipinski definition) is 1. The van der Waals surface area contributed by atoms with Gasteiger partial charge in [-0.1, -0.05) is 11.6 Å². The van der Waals surface area contributed by atoms with Crippen LogP contribution in [0.1, 0.15) is 10.4 Å². The van der Waals surface area contributed by atoms with Gasteiger partial charge in [-0.3, -0.25) is 0 Å². The van der Waals surface area contributed by atoms with Gasteiger partial charge in [-0.25, -0.2) is 13.6 Å². The Balaban J connectivity index is 0.00000144. The summed E-state index contributed by atoms with van der Waals surface area (Å²) in [5.74, 6) is -3.89. The molecule has 0 bridgehead atoms. The van der Waals surface area contributed by atoms with E-state index in [0.717, 1.165) is 6.07 Å². The summed E-state index contributed by atoms with van der Waals surface area (Å²) in [7, 11) is 0. The lowest BCUT2D eigenvalue weighted by molar-refractivity contribution is 0.0696. The minimum atomic E-state index is -1.39. The highest BCUT2D eigenvalue weighted by atomic mass is 35.5. The molecule has 72 valence electrons. The van der Waals surface area contributed by atoms with Crippen LogP contribution in [0.5, 0.6) is 0 Å². The van der Waals surface area contributed by atoms with Crippen LogP contribution in [-0.2, 0) is 0 Å². The first-order valence-corrected chi connectivity index (χ1v) is 3.28. The third kappa shape index (κ3) is 2.29. The zero-order chi connectivity index (χ0) is 9.30. The van der Waals surface area contributed by atoms with Gasteiger partial charge in [-0.05, 0) is 12.1 Å². The fourth-order valence-corrected chi connectivity index (χ4v) is 0.925. The summed E-state index contributed by atoms with van der Waals surface area (Å²) in [6, 6.07) is 1.62. The van der Waals surface area contributed by atoms with Gasteiger partial charge in [0.25, 0.3) is 0 Å². The molecule has 1 N–H and O–H groups in total. The van der Waals surface area contributed by atoms with Crippen LogP contribution in [0.2, 0.25) is 5.02 Å². The van der Waals surface area contributed by atoms with Gasteiger partial charge in [0, 0.05) is 0 Å². The Morgan fingerprint density at radius 3 is 2.38 bits per heavy atom. The van der Waals surface area contributed by atoms with Gasteiger partial charge < -0.3 is 5.11 Å². The minimum absolute atomic E-state index is 0. The van der Waals surface area contributed by atoms with Crippen LogP contribution in [0, 0.1) is 11.6 Å². The molecule has 0 saturated heterocycles. The van der Waals surface area contributed by atoms with Crippen molar-refractivity contribution in [1.82, 2.24) is 0 Å². The van der Waals surface area contributed by atoms with Crippen molar-refractivity contribution in [3.63, 3.8) is 0 Å². The number of halogens is 4. The minimum Gasteiger partial charge on any atom is -0.478 e. The highest BCUT2D eigenvalue weighted by Crippen LogP contribution is 2.21. The fourth-order valence-electron chi connectivity index (χ4n) is 0.691. The molecule has 13 heavy (non-hydrogen) atoms. The Morgan fingerprint density at radius 2 is 1.92 bits per heavy atom. The second-order valence-corrected chi connectivity index (χ2v) is 2.41. The number of hydrogen-bond donors (Lipinski definition) is 1. The average molecular weight is 229 g/mol. The third-order valence-electron chi connectivity index (χ3n) is 1.27. The summed E-state index contributed by atoms with van der Waals surface area (Å²) in [4.78, 5) is 10.3. The van der Waals surface area contributed by atoms with Gasteiger partial charge in [0.2, 0.25) is 0 Å². The van der Waals surface area contributed by atoms with Gasteiger partial charge in [0.05, 0.1) is 10.6 Å². The molecule has 0 aromatic heterocycles. The van der Waals surface area contributed by atoms with Crippen molar-refractivity contribution < 1.29 is 18.7 Å². The maximum absolute atomic E-state index is 12.6. The number of carboxylic acid groups (broad SMARTS) is 1. The van der Waals surface area contributed by atoms with Crippen LogP contribution in [-0.4, -0.2) is 11.1 Å². The summed E-state index contributed by atoms with van der Waals surface area (Å²) < 4.78 is 25.0. The molecule has 6 heteroatoms. The number of rotatable bonds is 1. The van der Waals surface area contributed by atoms with E-state index in [2.05, 4.69) is 0 Å². The van der Waals surface area contributed by atoms with E-state index in [-0.39, 0.29) is 12.4 Å². The van der Waals surface area contributed by atoms with Crippen molar-refractivity contribution in [2.24, 2.45) is 0 Å². The van der Waals surface area contributed by atoms with Crippen molar-refractivity contribution in [3.8, 4) is 0 Å². The molecule has 1 rings (SSSR count). The quantitative estimate of drug-likeness (QED) is 0.751. The van der Waals surface area contributed by atoms with Gasteiger partial charge >= 0.3 is 5.97 Å². The van der Waals surface area contributed by atoms with E-state index in [4.69, 9.17) is 16.7 Å². The second kappa shape index (κ2) is 4.39. The van der Waals surface area contributed by atoms with E-state index in [1.165, 1.54) is 0 Å². The van der Waals surface area contributed by atoms with Crippen LogP contribution in [0.3, 0.4) is 0 Å². The van der Waals surface area contributed by atoms with E-state index in [1.54, 1.807) is 0 Å². The lowest BCUT2D eigenvalue weighted by atomic mass is 10.2. The van der Waals surface area contributed by atoms with E-state index >= 15 is 0 Å². The monoisotopic (exact) mass is 228 g/mol. The second-order valence-electron chi connectivity index (χ2n) is 2.03. The molecule has 0 aliphatic rings. The Bertz CT molecular complexity index is 342. The van der Waals surface area contributed by atoms with E-state index in [0.29, 0.717) is 6.07 Å². The van der Waals surface area contributed by atoms with Crippen molar-refractivity contribution >= 4 is 30.0 Å². The molecule has 2 nitrogen and oxygen atoms in total. The van der Waals surface area contributed by atoms with Crippen molar-refractivity contribution in [2.45, 2.75) is 0 Å². The van der Waals surface area contributed by atoms with Gasteiger partial charge in [0.1, 0.15) is 0 Å². The van der Waals surface area contributed by atoms with Crippen molar-refractivity contribution in [2.75, 3.05) is 0 Å². The number of benzene rings is 1. The largest absolute Gasteiger partial charge is 0.478 e. The van der Waals surface area contributed by atoms with Crippen LogP contribution < -0.4 is 0 Å². The number of aromatic carboxylic acids is 1. The predicted octanol–water partition coefficient (Wildman–Crippen LogP) is 2.74.